The number of amides is 1. The van der Waals surface area contributed by atoms with Crippen molar-refractivity contribution < 1.29 is 4.79 Å². The predicted octanol–water partition coefficient (Wildman–Crippen LogP) is 1.45. The van der Waals surface area contributed by atoms with Gasteiger partial charge in [-0.05, 0) is 25.0 Å². The second-order valence-corrected chi connectivity index (χ2v) is 3.36. The summed E-state index contributed by atoms with van der Waals surface area (Å²) in [5.41, 5.74) is 0. The van der Waals surface area contributed by atoms with E-state index in [9.17, 15) is 4.79 Å². The summed E-state index contributed by atoms with van der Waals surface area (Å²) in [4.78, 5) is 17.3. The minimum atomic E-state index is 0.193. The molecule has 0 atom stereocenters. The van der Waals surface area contributed by atoms with Crippen molar-refractivity contribution in [2.24, 2.45) is 5.92 Å². The number of nitrogens with zero attached hydrogens (tertiary/aromatic N) is 2. The van der Waals surface area contributed by atoms with Crippen LogP contribution in [0.2, 0.25) is 0 Å². The van der Waals surface area contributed by atoms with E-state index in [4.69, 9.17) is 0 Å². The summed E-state index contributed by atoms with van der Waals surface area (Å²) in [6.07, 6.45) is 3.78. The van der Waals surface area contributed by atoms with Gasteiger partial charge in [-0.15, -0.1) is 0 Å². The normalized spacial score (nSPS) is 15.5. The molecule has 1 heterocycles. The highest BCUT2D eigenvalue weighted by atomic mass is 16.2. The smallest absolute Gasteiger partial charge is 0.230 e. The molecule has 0 bridgehead atoms. The Balaban J connectivity index is 2.12. The van der Waals surface area contributed by atoms with Crippen LogP contribution in [0.1, 0.15) is 12.8 Å². The highest BCUT2D eigenvalue weighted by Gasteiger charge is 2.32. The first-order chi connectivity index (χ1) is 6.29. The van der Waals surface area contributed by atoms with Gasteiger partial charge in [-0.1, -0.05) is 6.07 Å². The Morgan fingerprint density at radius 2 is 2.31 bits per heavy atom. The molecule has 1 fully saturated rings. The van der Waals surface area contributed by atoms with Gasteiger partial charge >= 0.3 is 0 Å². The van der Waals surface area contributed by atoms with E-state index in [1.807, 2.05) is 18.2 Å². The minimum absolute atomic E-state index is 0.193. The monoisotopic (exact) mass is 176 g/mol. The Kier molecular flexibility index (Phi) is 2.00. The predicted molar refractivity (Wildman–Crippen MR) is 50.4 cm³/mol. The molecule has 0 N–H and O–H groups in total. The maximum Gasteiger partial charge on any atom is 0.230 e. The summed E-state index contributed by atoms with van der Waals surface area (Å²) in [7, 11) is 1.78. The molecule has 0 saturated heterocycles. The molecular formula is C10H12N2O. The maximum absolute atomic E-state index is 11.6. The first kappa shape index (κ1) is 8.23. The molecule has 1 aliphatic carbocycles. The zero-order chi connectivity index (χ0) is 9.26. The van der Waals surface area contributed by atoms with Gasteiger partial charge in [0.2, 0.25) is 5.91 Å². The molecule has 68 valence electrons. The van der Waals surface area contributed by atoms with Gasteiger partial charge < -0.3 is 0 Å². The lowest BCUT2D eigenvalue weighted by molar-refractivity contribution is -0.119. The van der Waals surface area contributed by atoms with Crippen LogP contribution < -0.4 is 4.90 Å². The molecule has 1 aromatic rings. The van der Waals surface area contributed by atoms with Gasteiger partial charge in [0, 0.05) is 19.2 Å². The fourth-order valence-corrected chi connectivity index (χ4v) is 1.27. The third kappa shape index (κ3) is 1.69. The molecule has 1 aliphatic rings. The first-order valence-corrected chi connectivity index (χ1v) is 4.47. The molecular weight excluding hydrogens is 164 g/mol. The fraction of sp³-hybridized carbons (Fsp3) is 0.400. The molecule has 3 nitrogen and oxygen atoms in total. The van der Waals surface area contributed by atoms with Crippen molar-refractivity contribution in [3.8, 4) is 0 Å². The molecule has 0 unspecified atom stereocenters. The highest BCUT2D eigenvalue weighted by molar-refractivity contribution is 5.95. The van der Waals surface area contributed by atoms with Gasteiger partial charge in [-0.3, -0.25) is 9.69 Å². The fourth-order valence-electron chi connectivity index (χ4n) is 1.27. The van der Waals surface area contributed by atoms with E-state index in [-0.39, 0.29) is 11.8 Å². The maximum atomic E-state index is 11.6. The van der Waals surface area contributed by atoms with Gasteiger partial charge in [0.15, 0.2) is 0 Å². The van der Waals surface area contributed by atoms with E-state index in [0.29, 0.717) is 0 Å². The lowest BCUT2D eigenvalue weighted by atomic mass is 10.3. The van der Waals surface area contributed by atoms with E-state index in [2.05, 4.69) is 4.98 Å². The van der Waals surface area contributed by atoms with Crippen LogP contribution in [0.15, 0.2) is 24.4 Å². The standard InChI is InChI=1S/C10H12N2O/c1-12(10(13)8-5-6-8)9-4-2-3-7-11-9/h2-4,7-8H,5-6H2,1H3. The summed E-state index contributed by atoms with van der Waals surface area (Å²) in [5, 5.41) is 0. The van der Waals surface area contributed by atoms with Crippen molar-refractivity contribution in [1.29, 1.82) is 0 Å². The summed E-state index contributed by atoms with van der Waals surface area (Å²) in [6.45, 7) is 0. The van der Waals surface area contributed by atoms with E-state index >= 15 is 0 Å². The second kappa shape index (κ2) is 3.17. The number of hydrogen-bond donors (Lipinski definition) is 0. The summed E-state index contributed by atoms with van der Waals surface area (Å²) in [6, 6.07) is 5.58. The zero-order valence-corrected chi connectivity index (χ0v) is 7.60. The molecule has 1 amide bonds. The topological polar surface area (TPSA) is 33.2 Å². The van der Waals surface area contributed by atoms with Crippen molar-refractivity contribution in [2.45, 2.75) is 12.8 Å². The largest absolute Gasteiger partial charge is 0.300 e. The van der Waals surface area contributed by atoms with E-state index in [1.54, 1.807) is 18.1 Å². The average molecular weight is 176 g/mol. The first-order valence-electron chi connectivity index (χ1n) is 4.47. The van der Waals surface area contributed by atoms with Crippen molar-refractivity contribution in [1.82, 2.24) is 4.98 Å². The Labute approximate surface area is 77.4 Å². The van der Waals surface area contributed by atoms with Crippen LogP contribution in [0.25, 0.3) is 0 Å². The van der Waals surface area contributed by atoms with Crippen LogP contribution in [0.4, 0.5) is 5.82 Å². The Hall–Kier alpha value is -1.38. The molecule has 0 aromatic carbocycles. The van der Waals surface area contributed by atoms with Gasteiger partial charge in [0.25, 0.3) is 0 Å². The number of pyridine rings is 1. The van der Waals surface area contributed by atoms with E-state index in [1.165, 1.54) is 0 Å². The number of hydrogen-bond acceptors (Lipinski definition) is 2. The van der Waals surface area contributed by atoms with Gasteiger partial charge in [-0.25, -0.2) is 4.98 Å². The van der Waals surface area contributed by atoms with Crippen LogP contribution in [-0.2, 0) is 4.79 Å². The van der Waals surface area contributed by atoms with Crippen molar-refractivity contribution in [3.05, 3.63) is 24.4 Å². The van der Waals surface area contributed by atoms with Crippen LogP contribution in [0.3, 0.4) is 0 Å². The summed E-state index contributed by atoms with van der Waals surface area (Å²) < 4.78 is 0. The van der Waals surface area contributed by atoms with E-state index in [0.717, 1.165) is 18.7 Å². The lowest BCUT2D eigenvalue weighted by Gasteiger charge is -2.15. The number of rotatable bonds is 2. The van der Waals surface area contributed by atoms with Crippen LogP contribution >= 0.6 is 0 Å². The van der Waals surface area contributed by atoms with Crippen molar-refractivity contribution >= 4 is 11.7 Å². The summed E-state index contributed by atoms with van der Waals surface area (Å²) >= 11 is 0. The molecule has 0 spiro atoms. The SMILES string of the molecule is CN(C(=O)C1CC1)c1ccccn1. The minimum Gasteiger partial charge on any atom is -0.300 e. The second-order valence-electron chi connectivity index (χ2n) is 3.36. The molecule has 1 aromatic heterocycles. The van der Waals surface area contributed by atoms with Crippen LogP contribution in [0.5, 0.6) is 0 Å². The Morgan fingerprint density at radius 1 is 1.54 bits per heavy atom. The lowest BCUT2D eigenvalue weighted by Crippen LogP contribution is -2.28. The summed E-state index contributed by atoms with van der Waals surface area (Å²) in [5.74, 6) is 1.19. The molecule has 3 heteroatoms. The number of carbonyl (C=O) groups is 1. The third-order valence-corrected chi connectivity index (χ3v) is 2.25. The number of carbonyl (C=O) groups excluding carboxylic acids is 1. The Morgan fingerprint density at radius 3 is 2.85 bits per heavy atom. The van der Waals surface area contributed by atoms with Gasteiger partial charge in [0.1, 0.15) is 5.82 Å². The molecule has 13 heavy (non-hydrogen) atoms. The van der Waals surface area contributed by atoms with Gasteiger partial charge in [-0.2, -0.15) is 0 Å². The van der Waals surface area contributed by atoms with Crippen LogP contribution in [-0.4, -0.2) is 17.9 Å². The van der Waals surface area contributed by atoms with Crippen LogP contribution in [0, 0.1) is 5.92 Å². The van der Waals surface area contributed by atoms with Crippen molar-refractivity contribution in [2.75, 3.05) is 11.9 Å². The molecule has 2 rings (SSSR count). The third-order valence-electron chi connectivity index (χ3n) is 2.25. The molecule has 0 aliphatic heterocycles. The molecule has 0 radical (unpaired) electrons. The van der Waals surface area contributed by atoms with Crippen molar-refractivity contribution in [3.63, 3.8) is 0 Å². The highest BCUT2D eigenvalue weighted by Crippen LogP contribution is 2.31. The zero-order valence-electron chi connectivity index (χ0n) is 7.60. The molecule has 1 saturated carbocycles. The van der Waals surface area contributed by atoms with Gasteiger partial charge in [0.05, 0.1) is 0 Å². The Bertz CT molecular complexity index is 306. The van der Waals surface area contributed by atoms with E-state index < -0.39 is 0 Å². The quantitative estimate of drug-likeness (QED) is 0.683. The number of anilines is 1. The average Bonchev–Trinajstić information content (AvgIpc) is 3.00. The number of aromatic nitrogens is 1.